The lowest BCUT2D eigenvalue weighted by molar-refractivity contribution is 0.680. The third-order valence-electron chi connectivity index (χ3n) is 0.816. The van der Waals surface area contributed by atoms with Gasteiger partial charge in [-0.25, -0.2) is 0 Å². The Morgan fingerprint density at radius 2 is 2.25 bits per heavy atom. The highest BCUT2D eigenvalue weighted by atomic mass is 32.2. The Labute approximate surface area is 53.1 Å². The molecule has 0 saturated carbocycles. The maximum Gasteiger partial charge on any atom is 0.0357 e. The predicted octanol–water partition coefficient (Wildman–Crippen LogP) is -0.0256. The molecular weight excluding hydrogens is 122 g/mol. The monoisotopic (exact) mass is 135 g/mol. The summed E-state index contributed by atoms with van der Waals surface area (Å²) in [6.45, 7) is 3.88. The largest absolute Gasteiger partial charge is 0.316 e. The first-order valence-electron chi connectivity index (χ1n) is 2.78. The highest BCUT2D eigenvalue weighted by Gasteiger charge is 1.86. The van der Waals surface area contributed by atoms with Gasteiger partial charge in [0.05, 0.1) is 0 Å². The lowest BCUT2D eigenvalue weighted by Gasteiger charge is -1.95. The van der Waals surface area contributed by atoms with E-state index in [0.29, 0.717) is 0 Å². The van der Waals surface area contributed by atoms with Crippen LogP contribution in [0.5, 0.6) is 0 Å². The second kappa shape index (κ2) is 5.25. The van der Waals surface area contributed by atoms with Gasteiger partial charge in [0.15, 0.2) is 0 Å². The van der Waals surface area contributed by atoms with Crippen LogP contribution in [0.15, 0.2) is 0 Å². The van der Waals surface area contributed by atoms with Gasteiger partial charge in [-0.1, -0.05) is 6.92 Å². The summed E-state index contributed by atoms with van der Waals surface area (Å²) in [6.07, 6.45) is 1.72. The molecule has 0 aromatic rings. The first-order chi connectivity index (χ1) is 3.77. The molecule has 0 aliphatic heterocycles. The minimum atomic E-state index is -0.630. The van der Waals surface area contributed by atoms with Gasteiger partial charge in [0.2, 0.25) is 0 Å². The molecule has 0 rings (SSSR count). The van der Waals surface area contributed by atoms with Crippen molar-refractivity contribution in [3.05, 3.63) is 0 Å². The van der Waals surface area contributed by atoms with Crippen molar-refractivity contribution >= 4 is 10.8 Å². The van der Waals surface area contributed by atoms with Gasteiger partial charge in [-0.2, -0.15) is 0 Å². The highest BCUT2D eigenvalue weighted by Crippen LogP contribution is 1.69. The summed E-state index contributed by atoms with van der Waals surface area (Å²) in [5.41, 5.74) is 0. The predicted molar refractivity (Wildman–Crippen MR) is 37.5 cm³/mol. The summed E-state index contributed by atoms with van der Waals surface area (Å²) in [6, 6.07) is 0. The Kier molecular flexibility index (Phi) is 5.32. The second-order valence-corrected chi connectivity index (χ2v) is 3.19. The molecule has 3 heteroatoms. The summed E-state index contributed by atoms with van der Waals surface area (Å²) in [4.78, 5) is 0. The first kappa shape index (κ1) is 8.11. The van der Waals surface area contributed by atoms with E-state index in [2.05, 4.69) is 5.32 Å². The van der Waals surface area contributed by atoms with E-state index in [9.17, 15) is 4.21 Å². The molecule has 0 amide bonds. The average Bonchev–Trinajstić information content (AvgIpc) is 1.66. The molecule has 0 heterocycles. The Balaban J connectivity index is 2.82. The molecule has 0 bridgehead atoms. The van der Waals surface area contributed by atoms with Crippen LogP contribution >= 0.6 is 0 Å². The van der Waals surface area contributed by atoms with Crippen LogP contribution in [-0.2, 0) is 10.8 Å². The lowest BCUT2D eigenvalue weighted by atomic mass is 10.7. The zero-order valence-corrected chi connectivity index (χ0v) is 6.25. The maximum absolute atomic E-state index is 10.4. The van der Waals surface area contributed by atoms with Gasteiger partial charge in [-0.05, 0) is 6.54 Å². The van der Waals surface area contributed by atoms with Crippen LogP contribution in [0.25, 0.3) is 0 Å². The van der Waals surface area contributed by atoms with Gasteiger partial charge < -0.3 is 5.32 Å². The smallest absolute Gasteiger partial charge is 0.0357 e. The summed E-state index contributed by atoms with van der Waals surface area (Å²) in [5, 5.41) is 3.09. The highest BCUT2D eigenvalue weighted by molar-refractivity contribution is 7.84. The fraction of sp³-hybridized carbons (Fsp3) is 1.00. The fourth-order valence-electron chi connectivity index (χ4n) is 0.393. The lowest BCUT2D eigenvalue weighted by Crippen LogP contribution is -2.19. The first-order valence-corrected chi connectivity index (χ1v) is 4.50. The molecule has 0 aliphatic carbocycles. The number of hydrogen-bond acceptors (Lipinski definition) is 2. The molecular formula is C5H13NOS. The van der Waals surface area contributed by atoms with E-state index in [1.165, 1.54) is 0 Å². The summed E-state index contributed by atoms with van der Waals surface area (Å²) in [7, 11) is -0.630. The Morgan fingerprint density at radius 3 is 2.62 bits per heavy atom. The molecule has 8 heavy (non-hydrogen) atoms. The number of hydrogen-bond donors (Lipinski definition) is 1. The molecule has 0 radical (unpaired) electrons. The van der Waals surface area contributed by atoms with Crippen LogP contribution in [0.3, 0.4) is 0 Å². The maximum atomic E-state index is 10.4. The van der Waals surface area contributed by atoms with Crippen LogP contribution in [0.2, 0.25) is 0 Å². The average molecular weight is 135 g/mol. The number of rotatable bonds is 4. The van der Waals surface area contributed by atoms with Crippen molar-refractivity contribution in [2.24, 2.45) is 0 Å². The molecule has 1 unspecified atom stereocenters. The van der Waals surface area contributed by atoms with Crippen LogP contribution in [0.4, 0.5) is 0 Å². The third-order valence-corrected chi connectivity index (χ3v) is 1.60. The van der Waals surface area contributed by atoms with Crippen LogP contribution in [0.1, 0.15) is 6.92 Å². The van der Waals surface area contributed by atoms with Gasteiger partial charge in [0, 0.05) is 29.4 Å². The van der Waals surface area contributed by atoms with Crippen molar-refractivity contribution in [2.45, 2.75) is 6.92 Å². The Morgan fingerprint density at radius 1 is 1.62 bits per heavy atom. The summed E-state index contributed by atoms with van der Waals surface area (Å²) >= 11 is 0. The second-order valence-electron chi connectivity index (χ2n) is 1.63. The van der Waals surface area contributed by atoms with Crippen molar-refractivity contribution < 1.29 is 4.21 Å². The molecule has 0 aromatic heterocycles. The van der Waals surface area contributed by atoms with E-state index in [1.807, 2.05) is 6.92 Å². The quantitative estimate of drug-likeness (QED) is 0.549. The zero-order chi connectivity index (χ0) is 6.41. The Hall–Kier alpha value is 0.110. The summed E-state index contributed by atoms with van der Waals surface area (Å²) < 4.78 is 10.4. The number of nitrogens with one attached hydrogen (secondary N) is 1. The van der Waals surface area contributed by atoms with E-state index >= 15 is 0 Å². The molecule has 1 atom stereocenters. The molecule has 2 nitrogen and oxygen atoms in total. The van der Waals surface area contributed by atoms with Crippen molar-refractivity contribution in [2.75, 3.05) is 25.1 Å². The van der Waals surface area contributed by atoms with Crippen molar-refractivity contribution in [3.8, 4) is 0 Å². The molecule has 50 valence electrons. The van der Waals surface area contributed by atoms with E-state index in [1.54, 1.807) is 6.26 Å². The van der Waals surface area contributed by atoms with Crippen molar-refractivity contribution in [1.29, 1.82) is 0 Å². The molecule has 0 spiro atoms. The van der Waals surface area contributed by atoms with E-state index in [4.69, 9.17) is 0 Å². The Bertz CT molecular complexity index is 74.8. The normalized spacial score (nSPS) is 13.8. The van der Waals surface area contributed by atoms with Gasteiger partial charge in [-0.3, -0.25) is 4.21 Å². The molecule has 1 N–H and O–H groups in total. The third kappa shape index (κ3) is 6.11. The van der Waals surface area contributed by atoms with Gasteiger partial charge in [-0.15, -0.1) is 0 Å². The van der Waals surface area contributed by atoms with Crippen molar-refractivity contribution in [1.82, 2.24) is 5.32 Å². The molecule has 0 aromatic carbocycles. The van der Waals surface area contributed by atoms with Crippen LogP contribution in [-0.4, -0.2) is 29.3 Å². The van der Waals surface area contributed by atoms with Gasteiger partial charge >= 0.3 is 0 Å². The van der Waals surface area contributed by atoms with Gasteiger partial charge in [0.1, 0.15) is 0 Å². The van der Waals surface area contributed by atoms with Crippen LogP contribution in [0, 0.1) is 0 Å². The minimum absolute atomic E-state index is 0.630. The van der Waals surface area contributed by atoms with E-state index in [0.717, 1.165) is 18.8 Å². The molecule has 0 fully saturated rings. The van der Waals surface area contributed by atoms with Gasteiger partial charge in [0.25, 0.3) is 0 Å². The van der Waals surface area contributed by atoms with E-state index in [-0.39, 0.29) is 0 Å². The standard InChI is InChI=1S/C5H13NOS/c1-3-6-4-5-8(2)7/h6H,3-5H2,1-2H3. The molecule has 0 saturated heterocycles. The van der Waals surface area contributed by atoms with Crippen LogP contribution < -0.4 is 5.32 Å². The summed E-state index contributed by atoms with van der Waals surface area (Å²) in [5.74, 6) is 0.772. The fourth-order valence-corrected chi connectivity index (χ4v) is 0.824. The van der Waals surface area contributed by atoms with Crippen molar-refractivity contribution in [3.63, 3.8) is 0 Å². The van der Waals surface area contributed by atoms with E-state index < -0.39 is 10.8 Å². The minimum Gasteiger partial charge on any atom is -0.316 e. The topological polar surface area (TPSA) is 29.1 Å². The molecule has 0 aliphatic rings. The SMILES string of the molecule is CCNCCS(C)=O. The zero-order valence-electron chi connectivity index (χ0n) is 5.44.